The zero-order valence-electron chi connectivity index (χ0n) is 16.6. The highest BCUT2D eigenvalue weighted by Gasteiger charge is 2.52. The Morgan fingerprint density at radius 3 is 2.53 bits per heavy atom. The molecule has 1 saturated carbocycles. The minimum Gasteiger partial charge on any atom is -0.378 e. The number of carbonyl (C=O) groups is 2. The van der Waals surface area contributed by atoms with Crippen molar-refractivity contribution < 1.29 is 14.3 Å². The van der Waals surface area contributed by atoms with Crippen LogP contribution in [0.4, 0.5) is 11.8 Å². The first-order valence-corrected chi connectivity index (χ1v) is 10.2. The van der Waals surface area contributed by atoms with Crippen LogP contribution in [0.2, 0.25) is 0 Å². The Morgan fingerprint density at radius 2 is 1.87 bits per heavy atom. The molecule has 1 aliphatic carbocycles. The Bertz CT molecular complexity index is 985. The third-order valence-corrected chi connectivity index (χ3v) is 6.01. The standard InChI is InChI=1S/C20H23N7O3/c21-19-22-9-13(10-23-19)16-24-15-11-27(18(29)20(12-28)2-3-20)4-1-14(15)17(25-16)26-5-7-30-8-6-26/h9-10,12H,1-8,11H2,(H2,21,22,23). The van der Waals surface area contributed by atoms with Gasteiger partial charge in [-0.3, -0.25) is 4.79 Å². The highest BCUT2D eigenvalue weighted by Crippen LogP contribution is 2.46. The summed E-state index contributed by atoms with van der Waals surface area (Å²) in [4.78, 5) is 46.0. The third-order valence-electron chi connectivity index (χ3n) is 6.01. The number of carbonyl (C=O) groups excluding carboxylic acids is 2. The number of morpholine rings is 1. The first kappa shape index (κ1) is 18.9. The van der Waals surface area contributed by atoms with Gasteiger partial charge in [-0.2, -0.15) is 0 Å². The molecule has 10 heteroatoms. The lowest BCUT2D eigenvalue weighted by Gasteiger charge is -2.35. The number of nitrogens with two attached hydrogens (primary N) is 1. The molecule has 1 saturated heterocycles. The average Bonchev–Trinajstić information content (AvgIpc) is 3.60. The molecule has 0 aromatic carbocycles. The van der Waals surface area contributed by atoms with Crippen LogP contribution in [0, 0.1) is 5.41 Å². The number of aromatic nitrogens is 4. The van der Waals surface area contributed by atoms with Crippen molar-refractivity contribution in [2.45, 2.75) is 25.8 Å². The number of ether oxygens (including phenoxy) is 1. The van der Waals surface area contributed by atoms with E-state index in [2.05, 4.69) is 14.9 Å². The summed E-state index contributed by atoms with van der Waals surface area (Å²) in [5, 5.41) is 0. The number of hydrogen-bond acceptors (Lipinski definition) is 9. The number of rotatable bonds is 4. The summed E-state index contributed by atoms with van der Waals surface area (Å²) in [5.74, 6) is 1.47. The van der Waals surface area contributed by atoms with Crippen LogP contribution in [0.25, 0.3) is 11.4 Å². The fourth-order valence-corrected chi connectivity index (χ4v) is 4.03. The molecule has 30 heavy (non-hydrogen) atoms. The highest BCUT2D eigenvalue weighted by atomic mass is 16.5. The van der Waals surface area contributed by atoms with Gasteiger partial charge in [-0.25, -0.2) is 19.9 Å². The maximum Gasteiger partial charge on any atom is 0.236 e. The topological polar surface area (TPSA) is 127 Å². The van der Waals surface area contributed by atoms with Gasteiger partial charge in [-0.15, -0.1) is 0 Å². The van der Waals surface area contributed by atoms with Crippen LogP contribution in [0.5, 0.6) is 0 Å². The van der Waals surface area contributed by atoms with Crippen LogP contribution in [0.1, 0.15) is 24.1 Å². The second-order valence-electron chi connectivity index (χ2n) is 7.98. The van der Waals surface area contributed by atoms with Crippen LogP contribution in [-0.2, 0) is 27.3 Å². The normalized spacial score (nSPS) is 19.9. The van der Waals surface area contributed by atoms with Crippen molar-refractivity contribution in [1.82, 2.24) is 24.8 Å². The fraction of sp³-hybridized carbons (Fsp3) is 0.500. The van der Waals surface area contributed by atoms with E-state index in [1.54, 1.807) is 17.3 Å². The average molecular weight is 409 g/mol. The van der Waals surface area contributed by atoms with Crippen molar-refractivity contribution in [3.63, 3.8) is 0 Å². The molecule has 0 spiro atoms. The molecule has 3 aliphatic rings. The first-order valence-electron chi connectivity index (χ1n) is 10.2. The molecular formula is C20H23N7O3. The molecule has 5 rings (SSSR count). The Balaban J connectivity index is 1.53. The molecular weight excluding hydrogens is 386 g/mol. The van der Waals surface area contributed by atoms with Crippen LogP contribution < -0.4 is 10.6 Å². The SMILES string of the molecule is Nc1ncc(-c2nc3c(c(N4CCOCC4)n2)CCN(C(=O)C2(C=O)CC2)C3)cn1. The summed E-state index contributed by atoms with van der Waals surface area (Å²) in [6.45, 7) is 3.71. The monoisotopic (exact) mass is 409 g/mol. The van der Waals surface area contributed by atoms with Gasteiger partial charge in [0.2, 0.25) is 11.9 Å². The zero-order chi connectivity index (χ0) is 20.7. The van der Waals surface area contributed by atoms with E-state index in [0.717, 1.165) is 36.5 Å². The smallest absolute Gasteiger partial charge is 0.236 e. The number of anilines is 2. The van der Waals surface area contributed by atoms with E-state index in [1.807, 2.05) is 0 Å². The van der Waals surface area contributed by atoms with Gasteiger partial charge in [0.15, 0.2) is 5.82 Å². The van der Waals surface area contributed by atoms with E-state index in [0.29, 0.717) is 57.0 Å². The Morgan fingerprint density at radius 1 is 1.13 bits per heavy atom. The molecule has 2 fully saturated rings. The molecule has 2 aromatic rings. The quantitative estimate of drug-likeness (QED) is 0.557. The van der Waals surface area contributed by atoms with Crippen molar-refractivity contribution in [3.8, 4) is 11.4 Å². The van der Waals surface area contributed by atoms with E-state index in [4.69, 9.17) is 20.4 Å². The lowest BCUT2D eigenvalue weighted by Crippen LogP contribution is -2.43. The van der Waals surface area contributed by atoms with Gasteiger partial charge in [-0.05, 0) is 19.3 Å². The summed E-state index contributed by atoms with van der Waals surface area (Å²) >= 11 is 0. The molecule has 0 radical (unpaired) electrons. The molecule has 2 aliphatic heterocycles. The van der Waals surface area contributed by atoms with E-state index < -0.39 is 5.41 Å². The Hall–Kier alpha value is -3.14. The van der Waals surface area contributed by atoms with E-state index in [1.165, 1.54) is 0 Å². The van der Waals surface area contributed by atoms with Gasteiger partial charge < -0.3 is 25.1 Å². The van der Waals surface area contributed by atoms with Gasteiger partial charge in [0.25, 0.3) is 0 Å². The predicted molar refractivity (Wildman–Crippen MR) is 107 cm³/mol. The maximum atomic E-state index is 12.9. The molecule has 0 bridgehead atoms. The molecule has 0 atom stereocenters. The van der Waals surface area contributed by atoms with Crippen molar-refractivity contribution in [2.24, 2.45) is 5.41 Å². The van der Waals surface area contributed by atoms with Crippen LogP contribution in [-0.4, -0.2) is 69.9 Å². The number of nitrogen functional groups attached to an aromatic ring is 1. The lowest BCUT2D eigenvalue weighted by molar-refractivity contribution is -0.140. The largest absolute Gasteiger partial charge is 0.378 e. The highest BCUT2D eigenvalue weighted by molar-refractivity contribution is 5.99. The zero-order valence-corrected chi connectivity index (χ0v) is 16.6. The van der Waals surface area contributed by atoms with Gasteiger partial charge in [0.1, 0.15) is 17.5 Å². The Labute approximate surface area is 173 Å². The van der Waals surface area contributed by atoms with Crippen molar-refractivity contribution in [2.75, 3.05) is 43.5 Å². The Kier molecular flexibility index (Phi) is 4.58. The van der Waals surface area contributed by atoms with Crippen LogP contribution in [0.15, 0.2) is 12.4 Å². The van der Waals surface area contributed by atoms with Crippen molar-refractivity contribution in [3.05, 3.63) is 23.7 Å². The van der Waals surface area contributed by atoms with Gasteiger partial charge in [0.05, 0.1) is 31.0 Å². The second-order valence-corrected chi connectivity index (χ2v) is 7.98. The van der Waals surface area contributed by atoms with E-state index in [9.17, 15) is 9.59 Å². The van der Waals surface area contributed by atoms with E-state index >= 15 is 0 Å². The predicted octanol–water partition coefficient (Wildman–Crippen LogP) is 0.216. The number of amides is 1. The van der Waals surface area contributed by atoms with E-state index in [-0.39, 0.29) is 11.9 Å². The fourth-order valence-electron chi connectivity index (χ4n) is 4.03. The minimum absolute atomic E-state index is 0.0907. The van der Waals surface area contributed by atoms with Crippen LogP contribution >= 0.6 is 0 Å². The molecule has 2 N–H and O–H groups in total. The summed E-state index contributed by atoms with van der Waals surface area (Å²) < 4.78 is 5.49. The van der Waals surface area contributed by atoms with Gasteiger partial charge >= 0.3 is 0 Å². The summed E-state index contributed by atoms with van der Waals surface area (Å²) in [5.41, 5.74) is 7.32. The molecule has 156 valence electrons. The van der Waals surface area contributed by atoms with Crippen molar-refractivity contribution >= 4 is 24.0 Å². The number of aldehydes is 1. The maximum absolute atomic E-state index is 12.9. The van der Waals surface area contributed by atoms with Gasteiger partial charge in [0, 0.05) is 37.6 Å². The molecule has 10 nitrogen and oxygen atoms in total. The van der Waals surface area contributed by atoms with Crippen molar-refractivity contribution in [1.29, 1.82) is 0 Å². The lowest BCUT2D eigenvalue weighted by atomic mass is 10.0. The summed E-state index contributed by atoms with van der Waals surface area (Å²) in [7, 11) is 0. The third kappa shape index (κ3) is 3.26. The molecule has 1 amide bonds. The van der Waals surface area contributed by atoms with Gasteiger partial charge in [-0.1, -0.05) is 0 Å². The number of nitrogens with zero attached hydrogens (tertiary/aromatic N) is 6. The molecule has 4 heterocycles. The molecule has 2 aromatic heterocycles. The number of fused-ring (bicyclic) bond motifs is 1. The number of hydrogen-bond donors (Lipinski definition) is 1. The summed E-state index contributed by atoms with van der Waals surface area (Å²) in [6.07, 6.45) is 5.93. The minimum atomic E-state index is -0.814. The summed E-state index contributed by atoms with van der Waals surface area (Å²) in [6, 6.07) is 0. The first-order chi connectivity index (χ1) is 14.6. The second kappa shape index (κ2) is 7.28. The van der Waals surface area contributed by atoms with Crippen LogP contribution in [0.3, 0.4) is 0 Å². The molecule has 0 unspecified atom stereocenters.